The third-order valence-electron chi connectivity index (χ3n) is 2.54. The van der Waals surface area contributed by atoms with Gasteiger partial charge in [0.25, 0.3) is 0 Å². The number of hydrogen-bond donors (Lipinski definition) is 0. The number of para-hydroxylation sites is 1. The molecule has 0 N–H and O–H groups in total. The first-order valence-corrected chi connectivity index (χ1v) is 6.04. The van der Waals surface area contributed by atoms with Crippen LogP contribution in [0, 0.1) is 0 Å². The highest BCUT2D eigenvalue weighted by molar-refractivity contribution is 5.21. The molecule has 0 unspecified atom stereocenters. The molecule has 1 aromatic carbocycles. The minimum atomic E-state index is 0.337. The van der Waals surface area contributed by atoms with Crippen LogP contribution in [-0.4, -0.2) is 6.10 Å². The Morgan fingerprint density at radius 1 is 1.07 bits per heavy atom. The van der Waals surface area contributed by atoms with E-state index in [4.69, 9.17) is 4.74 Å². The van der Waals surface area contributed by atoms with Crippen molar-refractivity contribution in [2.75, 3.05) is 0 Å². The lowest BCUT2D eigenvalue weighted by Gasteiger charge is -2.14. The van der Waals surface area contributed by atoms with E-state index in [-0.39, 0.29) is 0 Å². The number of ether oxygens (including phenoxy) is 1. The summed E-state index contributed by atoms with van der Waals surface area (Å²) in [5.41, 5.74) is 0. The fraction of sp³-hybridized carbons (Fsp3) is 0.571. The van der Waals surface area contributed by atoms with E-state index in [1.165, 1.54) is 25.7 Å². The zero-order chi connectivity index (χ0) is 10.9. The van der Waals surface area contributed by atoms with Crippen LogP contribution < -0.4 is 4.74 Å². The maximum Gasteiger partial charge on any atom is 0.119 e. The van der Waals surface area contributed by atoms with Crippen LogP contribution in [0.4, 0.5) is 0 Å². The summed E-state index contributed by atoms with van der Waals surface area (Å²) >= 11 is 0. The van der Waals surface area contributed by atoms with E-state index in [1.807, 2.05) is 30.3 Å². The van der Waals surface area contributed by atoms with Crippen LogP contribution in [0.25, 0.3) is 0 Å². The molecule has 0 spiro atoms. The molecule has 1 nitrogen and oxygen atoms in total. The lowest BCUT2D eigenvalue weighted by Crippen LogP contribution is -2.11. The van der Waals surface area contributed by atoms with Crippen LogP contribution in [0.1, 0.15) is 46.0 Å². The van der Waals surface area contributed by atoms with Crippen LogP contribution in [0.15, 0.2) is 30.3 Å². The van der Waals surface area contributed by atoms with E-state index in [2.05, 4.69) is 13.8 Å². The molecule has 0 radical (unpaired) electrons. The average molecular weight is 206 g/mol. The van der Waals surface area contributed by atoms with Gasteiger partial charge < -0.3 is 4.74 Å². The molecule has 1 rings (SSSR count). The van der Waals surface area contributed by atoms with Crippen molar-refractivity contribution >= 4 is 0 Å². The predicted octanol–water partition coefficient (Wildman–Crippen LogP) is 4.42. The Kier molecular flexibility index (Phi) is 5.91. The summed E-state index contributed by atoms with van der Waals surface area (Å²) < 4.78 is 5.79. The van der Waals surface area contributed by atoms with Crippen molar-refractivity contribution in [2.24, 2.45) is 0 Å². The number of rotatable bonds is 7. The van der Waals surface area contributed by atoms with Gasteiger partial charge in [-0.25, -0.2) is 0 Å². The molecular formula is C14H22O. The van der Waals surface area contributed by atoms with E-state index in [0.717, 1.165) is 12.2 Å². The molecule has 0 saturated carbocycles. The van der Waals surface area contributed by atoms with E-state index in [0.29, 0.717) is 6.10 Å². The zero-order valence-electron chi connectivity index (χ0n) is 9.91. The quantitative estimate of drug-likeness (QED) is 0.600. The largest absolute Gasteiger partial charge is 0.491 e. The van der Waals surface area contributed by atoms with Gasteiger partial charge in [0.2, 0.25) is 0 Å². The summed E-state index contributed by atoms with van der Waals surface area (Å²) in [4.78, 5) is 0. The highest BCUT2D eigenvalue weighted by Crippen LogP contribution is 2.14. The Hall–Kier alpha value is -0.980. The maximum absolute atomic E-state index is 5.79. The molecule has 0 fully saturated rings. The molecular weight excluding hydrogens is 184 g/mol. The van der Waals surface area contributed by atoms with Crippen molar-refractivity contribution in [3.05, 3.63) is 30.3 Å². The van der Waals surface area contributed by atoms with Gasteiger partial charge in [-0.1, -0.05) is 44.4 Å². The van der Waals surface area contributed by atoms with Crippen molar-refractivity contribution in [1.82, 2.24) is 0 Å². The average Bonchev–Trinajstić information content (AvgIpc) is 2.26. The minimum absolute atomic E-state index is 0.337. The van der Waals surface area contributed by atoms with Gasteiger partial charge in [0, 0.05) is 0 Å². The van der Waals surface area contributed by atoms with Crippen LogP contribution in [-0.2, 0) is 0 Å². The first-order valence-electron chi connectivity index (χ1n) is 6.04. The standard InChI is InChI=1S/C14H22O/c1-3-4-5-7-10-13(2)15-14-11-8-6-9-12-14/h6,8-9,11-13H,3-5,7,10H2,1-2H3/t13-/m1/s1. The van der Waals surface area contributed by atoms with Crippen molar-refractivity contribution in [3.63, 3.8) is 0 Å². The highest BCUT2D eigenvalue weighted by Gasteiger charge is 2.02. The van der Waals surface area contributed by atoms with Gasteiger partial charge >= 0.3 is 0 Å². The smallest absolute Gasteiger partial charge is 0.119 e. The monoisotopic (exact) mass is 206 g/mol. The van der Waals surface area contributed by atoms with Crippen molar-refractivity contribution < 1.29 is 4.74 Å². The normalized spacial score (nSPS) is 12.4. The Bertz CT molecular complexity index is 243. The Morgan fingerprint density at radius 3 is 2.47 bits per heavy atom. The fourth-order valence-corrected chi connectivity index (χ4v) is 1.65. The summed E-state index contributed by atoms with van der Waals surface area (Å²) in [5, 5.41) is 0. The lowest BCUT2D eigenvalue weighted by atomic mass is 10.1. The Balaban J connectivity index is 2.16. The maximum atomic E-state index is 5.79. The van der Waals surface area contributed by atoms with Gasteiger partial charge in [0.15, 0.2) is 0 Å². The first kappa shape index (κ1) is 12.1. The molecule has 0 aliphatic heterocycles. The number of unbranched alkanes of at least 4 members (excludes halogenated alkanes) is 3. The second-order valence-corrected chi connectivity index (χ2v) is 4.09. The van der Waals surface area contributed by atoms with Crippen LogP contribution in [0.5, 0.6) is 5.75 Å². The summed E-state index contributed by atoms with van der Waals surface area (Å²) in [6.07, 6.45) is 6.76. The van der Waals surface area contributed by atoms with Gasteiger partial charge in [-0.2, -0.15) is 0 Å². The third kappa shape index (κ3) is 5.46. The van der Waals surface area contributed by atoms with Crippen LogP contribution in [0.3, 0.4) is 0 Å². The molecule has 0 bridgehead atoms. The summed E-state index contributed by atoms with van der Waals surface area (Å²) in [6.45, 7) is 4.39. The van der Waals surface area contributed by atoms with Crippen molar-refractivity contribution in [1.29, 1.82) is 0 Å². The van der Waals surface area contributed by atoms with Gasteiger partial charge in [-0.3, -0.25) is 0 Å². The summed E-state index contributed by atoms with van der Waals surface area (Å²) in [5.74, 6) is 0.987. The lowest BCUT2D eigenvalue weighted by molar-refractivity contribution is 0.206. The Labute approximate surface area is 93.5 Å². The first-order chi connectivity index (χ1) is 7.33. The van der Waals surface area contributed by atoms with Gasteiger partial charge in [0.1, 0.15) is 5.75 Å². The van der Waals surface area contributed by atoms with Gasteiger partial charge in [0.05, 0.1) is 6.10 Å². The molecule has 0 amide bonds. The molecule has 0 aliphatic carbocycles. The SMILES string of the molecule is CCCCCC[C@@H](C)Oc1ccccc1. The molecule has 15 heavy (non-hydrogen) atoms. The third-order valence-corrected chi connectivity index (χ3v) is 2.54. The molecule has 0 aromatic heterocycles. The molecule has 1 aromatic rings. The highest BCUT2D eigenvalue weighted by atomic mass is 16.5. The summed E-state index contributed by atoms with van der Waals surface area (Å²) in [7, 11) is 0. The minimum Gasteiger partial charge on any atom is -0.491 e. The topological polar surface area (TPSA) is 9.23 Å². The molecule has 84 valence electrons. The van der Waals surface area contributed by atoms with E-state index < -0.39 is 0 Å². The Morgan fingerprint density at radius 2 is 1.80 bits per heavy atom. The number of hydrogen-bond acceptors (Lipinski definition) is 1. The summed E-state index contributed by atoms with van der Waals surface area (Å²) in [6, 6.07) is 10.1. The van der Waals surface area contributed by atoms with E-state index in [1.54, 1.807) is 0 Å². The predicted molar refractivity (Wildman–Crippen MR) is 65.3 cm³/mol. The second-order valence-electron chi connectivity index (χ2n) is 4.09. The van der Waals surface area contributed by atoms with Crippen LogP contribution >= 0.6 is 0 Å². The number of benzene rings is 1. The molecule has 0 aliphatic rings. The molecule has 0 saturated heterocycles. The van der Waals surface area contributed by atoms with Crippen molar-refractivity contribution in [2.45, 2.75) is 52.1 Å². The zero-order valence-corrected chi connectivity index (χ0v) is 9.91. The molecule has 1 atom stereocenters. The van der Waals surface area contributed by atoms with Gasteiger partial charge in [-0.15, -0.1) is 0 Å². The van der Waals surface area contributed by atoms with Crippen LogP contribution in [0.2, 0.25) is 0 Å². The fourth-order valence-electron chi connectivity index (χ4n) is 1.65. The second kappa shape index (κ2) is 7.33. The van der Waals surface area contributed by atoms with E-state index >= 15 is 0 Å². The van der Waals surface area contributed by atoms with E-state index in [9.17, 15) is 0 Å². The van der Waals surface area contributed by atoms with Gasteiger partial charge in [-0.05, 0) is 31.9 Å². The van der Waals surface area contributed by atoms with Crippen molar-refractivity contribution in [3.8, 4) is 5.75 Å². The molecule has 1 heteroatoms. The molecule has 0 heterocycles.